The third-order valence-corrected chi connectivity index (χ3v) is 3.28. The molecule has 0 spiro atoms. The molecule has 1 rings (SSSR count). The average Bonchev–Trinajstić information content (AvgIpc) is 2.35. The summed E-state index contributed by atoms with van der Waals surface area (Å²) in [7, 11) is 1.45. The lowest BCUT2D eigenvalue weighted by Gasteiger charge is -2.15. The van der Waals surface area contributed by atoms with Crippen molar-refractivity contribution in [3.8, 4) is 5.75 Å². The smallest absolute Gasteiger partial charge is 0.303 e. The minimum atomic E-state index is -1.00. The van der Waals surface area contributed by atoms with Crippen molar-refractivity contribution in [1.29, 1.82) is 0 Å². The van der Waals surface area contributed by atoms with Crippen molar-refractivity contribution in [1.82, 2.24) is 0 Å². The normalized spacial score (nSPS) is 11.8. The number of hydrogen-bond donors (Lipinski definition) is 3. The molecule has 0 saturated carbocycles. The molecule has 1 aromatic carbocycles. The van der Waals surface area contributed by atoms with Crippen LogP contribution < -0.4 is 15.8 Å². The summed E-state index contributed by atoms with van der Waals surface area (Å²) in [4.78, 5) is 22.3. The molecule has 6 nitrogen and oxygen atoms in total. The second-order valence-electron chi connectivity index (χ2n) is 4.00. The molecule has 0 fully saturated rings. The van der Waals surface area contributed by atoms with E-state index in [9.17, 15) is 9.59 Å². The van der Waals surface area contributed by atoms with Gasteiger partial charge >= 0.3 is 5.97 Å². The molecule has 0 heterocycles. The number of rotatable bonds is 6. The van der Waals surface area contributed by atoms with Crippen molar-refractivity contribution >= 4 is 45.1 Å². The standard InChI is InChI=1S/C12H14BrClN2O4/c1-20-11-7(13)4-6(14)5-9(11)16-12(19)8(15)2-3-10(17)18/h4-5,8H,2-3,15H2,1H3,(H,16,19)(H,17,18). The molecular formula is C12H14BrClN2O4. The summed E-state index contributed by atoms with van der Waals surface area (Å²) in [6.45, 7) is 0. The predicted molar refractivity (Wildman–Crippen MR) is 79.2 cm³/mol. The summed E-state index contributed by atoms with van der Waals surface area (Å²) in [5.74, 6) is -1.09. The Bertz CT molecular complexity index is 524. The number of carboxylic acid groups (broad SMARTS) is 1. The first-order chi connectivity index (χ1) is 9.35. The highest BCUT2D eigenvalue weighted by Crippen LogP contribution is 2.36. The van der Waals surface area contributed by atoms with Gasteiger partial charge in [0, 0.05) is 11.4 Å². The van der Waals surface area contributed by atoms with E-state index in [0.717, 1.165) is 0 Å². The van der Waals surface area contributed by atoms with Crippen LogP contribution in [0.4, 0.5) is 5.69 Å². The molecule has 0 aliphatic heterocycles. The van der Waals surface area contributed by atoms with Crippen molar-refractivity contribution < 1.29 is 19.4 Å². The first kappa shape index (κ1) is 16.7. The number of amides is 1. The Morgan fingerprint density at radius 1 is 1.55 bits per heavy atom. The monoisotopic (exact) mass is 364 g/mol. The molecule has 0 aliphatic carbocycles. The first-order valence-corrected chi connectivity index (χ1v) is 6.83. The summed E-state index contributed by atoms with van der Waals surface area (Å²) in [6, 6.07) is 2.22. The fourth-order valence-electron chi connectivity index (χ4n) is 1.50. The Hall–Kier alpha value is -1.31. The van der Waals surface area contributed by atoms with E-state index >= 15 is 0 Å². The quantitative estimate of drug-likeness (QED) is 0.717. The summed E-state index contributed by atoms with van der Waals surface area (Å²) in [5, 5.41) is 11.5. The van der Waals surface area contributed by atoms with Gasteiger partial charge < -0.3 is 20.9 Å². The highest BCUT2D eigenvalue weighted by Gasteiger charge is 2.18. The number of benzene rings is 1. The van der Waals surface area contributed by atoms with Crippen LogP contribution in [0.15, 0.2) is 16.6 Å². The van der Waals surface area contributed by atoms with Crippen LogP contribution in [0.3, 0.4) is 0 Å². The Balaban J connectivity index is 2.82. The number of carbonyl (C=O) groups excluding carboxylic acids is 1. The van der Waals surface area contributed by atoms with Gasteiger partial charge in [0.25, 0.3) is 0 Å². The maximum absolute atomic E-state index is 11.9. The van der Waals surface area contributed by atoms with Gasteiger partial charge in [-0.1, -0.05) is 11.6 Å². The van der Waals surface area contributed by atoms with Gasteiger partial charge in [0.05, 0.1) is 23.3 Å². The molecule has 0 saturated heterocycles. The van der Waals surface area contributed by atoms with E-state index in [1.54, 1.807) is 6.07 Å². The molecule has 1 amide bonds. The summed E-state index contributed by atoms with van der Waals surface area (Å²) >= 11 is 9.16. The van der Waals surface area contributed by atoms with Crippen LogP contribution in [-0.2, 0) is 9.59 Å². The molecule has 0 aromatic heterocycles. The molecule has 1 aromatic rings. The second-order valence-corrected chi connectivity index (χ2v) is 5.29. The van der Waals surface area contributed by atoms with Gasteiger partial charge in [-0.15, -0.1) is 0 Å². The lowest BCUT2D eigenvalue weighted by molar-refractivity contribution is -0.137. The van der Waals surface area contributed by atoms with Gasteiger partial charge in [0.15, 0.2) is 5.75 Å². The van der Waals surface area contributed by atoms with E-state index < -0.39 is 17.9 Å². The molecule has 8 heteroatoms. The highest BCUT2D eigenvalue weighted by molar-refractivity contribution is 9.10. The Labute approximate surface area is 129 Å². The van der Waals surface area contributed by atoms with Crippen molar-refractivity contribution in [2.45, 2.75) is 18.9 Å². The molecule has 0 aliphatic rings. The molecule has 110 valence electrons. The van der Waals surface area contributed by atoms with E-state index in [-0.39, 0.29) is 12.8 Å². The van der Waals surface area contributed by atoms with Crippen LogP contribution in [0.1, 0.15) is 12.8 Å². The number of aliphatic carboxylic acids is 1. The zero-order valence-electron chi connectivity index (χ0n) is 10.7. The fraction of sp³-hybridized carbons (Fsp3) is 0.333. The van der Waals surface area contributed by atoms with Crippen LogP contribution in [0, 0.1) is 0 Å². The van der Waals surface area contributed by atoms with Gasteiger partial charge in [-0.25, -0.2) is 0 Å². The van der Waals surface area contributed by atoms with Crippen LogP contribution in [0.2, 0.25) is 5.02 Å². The van der Waals surface area contributed by atoms with Gasteiger partial charge in [0.1, 0.15) is 0 Å². The SMILES string of the molecule is COc1c(Br)cc(Cl)cc1NC(=O)C(N)CCC(=O)O. The summed E-state index contributed by atoms with van der Waals surface area (Å²) < 4.78 is 5.74. The van der Waals surface area contributed by atoms with Crippen molar-refractivity contribution in [2.75, 3.05) is 12.4 Å². The van der Waals surface area contributed by atoms with Crippen molar-refractivity contribution in [2.24, 2.45) is 5.73 Å². The number of halogens is 2. The number of methoxy groups -OCH3 is 1. The van der Waals surface area contributed by atoms with Crippen LogP contribution in [-0.4, -0.2) is 30.1 Å². The van der Waals surface area contributed by atoms with Crippen LogP contribution in [0.5, 0.6) is 5.75 Å². The first-order valence-electron chi connectivity index (χ1n) is 5.66. The maximum atomic E-state index is 11.9. The Morgan fingerprint density at radius 3 is 2.75 bits per heavy atom. The zero-order chi connectivity index (χ0) is 15.3. The average molecular weight is 366 g/mol. The molecule has 0 radical (unpaired) electrons. The fourth-order valence-corrected chi connectivity index (χ4v) is 2.47. The number of nitrogens with two attached hydrogens (primary N) is 1. The number of hydrogen-bond acceptors (Lipinski definition) is 4. The number of carboxylic acids is 1. The summed E-state index contributed by atoms with van der Waals surface area (Å²) in [6.07, 6.45) is -0.129. The highest BCUT2D eigenvalue weighted by atomic mass is 79.9. The van der Waals surface area contributed by atoms with E-state index in [1.165, 1.54) is 13.2 Å². The van der Waals surface area contributed by atoms with Gasteiger partial charge in [-0.2, -0.15) is 0 Å². The van der Waals surface area contributed by atoms with Gasteiger partial charge in [-0.3, -0.25) is 9.59 Å². The number of anilines is 1. The van der Waals surface area contributed by atoms with E-state index in [1.807, 2.05) is 0 Å². The van der Waals surface area contributed by atoms with Crippen LogP contribution in [0.25, 0.3) is 0 Å². The van der Waals surface area contributed by atoms with E-state index in [4.69, 9.17) is 27.2 Å². The molecular weight excluding hydrogens is 351 g/mol. The van der Waals surface area contributed by atoms with E-state index in [2.05, 4.69) is 21.2 Å². The summed E-state index contributed by atoms with van der Waals surface area (Å²) in [5.41, 5.74) is 5.98. The number of carbonyl (C=O) groups is 2. The van der Waals surface area contributed by atoms with Crippen molar-refractivity contribution in [3.05, 3.63) is 21.6 Å². The number of nitrogens with one attached hydrogen (secondary N) is 1. The number of ether oxygens (including phenoxy) is 1. The molecule has 20 heavy (non-hydrogen) atoms. The topological polar surface area (TPSA) is 102 Å². The molecule has 1 atom stereocenters. The van der Waals surface area contributed by atoms with E-state index in [0.29, 0.717) is 20.9 Å². The predicted octanol–water partition coefficient (Wildman–Crippen LogP) is 2.24. The third kappa shape index (κ3) is 4.66. The minimum Gasteiger partial charge on any atom is -0.493 e. The zero-order valence-corrected chi connectivity index (χ0v) is 13.0. The van der Waals surface area contributed by atoms with Crippen molar-refractivity contribution in [3.63, 3.8) is 0 Å². The lowest BCUT2D eigenvalue weighted by atomic mass is 10.1. The molecule has 0 bridgehead atoms. The largest absolute Gasteiger partial charge is 0.493 e. The second kappa shape index (κ2) is 7.47. The minimum absolute atomic E-state index is 0.0468. The van der Waals surface area contributed by atoms with Crippen LogP contribution >= 0.6 is 27.5 Å². The third-order valence-electron chi connectivity index (χ3n) is 2.48. The molecule has 1 unspecified atom stereocenters. The lowest BCUT2D eigenvalue weighted by Crippen LogP contribution is -2.36. The maximum Gasteiger partial charge on any atom is 0.303 e. The Morgan fingerprint density at radius 2 is 2.20 bits per heavy atom. The Kier molecular flexibility index (Phi) is 6.25. The van der Waals surface area contributed by atoms with Gasteiger partial charge in [0.2, 0.25) is 5.91 Å². The van der Waals surface area contributed by atoms with Gasteiger partial charge in [-0.05, 0) is 34.5 Å². The molecule has 4 N–H and O–H groups in total.